The van der Waals surface area contributed by atoms with Gasteiger partial charge in [-0.3, -0.25) is 0 Å². The molecule has 0 aliphatic heterocycles. The van der Waals surface area contributed by atoms with Crippen LogP contribution in [0, 0.1) is 5.82 Å². The SMILES string of the molecule is O=C(O)c1c(F)cccc1NC1CC1. The van der Waals surface area contributed by atoms with Crippen LogP contribution in [-0.2, 0) is 0 Å². The fourth-order valence-electron chi connectivity index (χ4n) is 1.31. The van der Waals surface area contributed by atoms with Gasteiger partial charge in [-0.25, -0.2) is 9.18 Å². The van der Waals surface area contributed by atoms with E-state index in [2.05, 4.69) is 5.32 Å². The van der Waals surface area contributed by atoms with Crippen molar-refractivity contribution in [1.29, 1.82) is 0 Å². The number of benzene rings is 1. The maximum absolute atomic E-state index is 13.2. The Balaban J connectivity index is 2.35. The van der Waals surface area contributed by atoms with E-state index in [9.17, 15) is 9.18 Å². The Morgan fingerprint density at radius 3 is 2.79 bits per heavy atom. The number of nitrogens with one attached hydrogen (secondary N) is 1. The minimum atomic E-state index is -1.23. The molecule has 0 heterocycles. The van der Waals surface area contributed by atoms with Gasteiger partial charge in [0, 0.05) is 6.04 Å². The molecule has 1 aromatic carbocycles. The van der Waals surface area contributed by atoms with Crippen LogP contribution >= 0.6 is 0 Å². The Morgan fingerprint density at radius 2 is 2.21 bits per heavy atom. The summed E-state index contributed by atoms with van der Waals surface area (Å²) < 4.78 is 13.2. The third-order valence-electron chi connectivity index (χ3n) is 2.16. The lowest BCUT2D eigenvalue weighted by molar-refractivity contribution is 0.0693. The molecule has 0 spiro atoms. The van der Waals surface area contributed by atoms with E-state index in [1.807, 2.05) is 0 Å². The number of carbonyl (C=O) groups is 1. The molecule has 0 aromatic heterocycles. The lowest BCUT2D eigenvalue weighted by Crippen LogP contribution is -2.09. The normalized spacial score (nSPS) is 15.2. The highest BCUT2D eigenvalue weighted by Gasteiger charge is 2.24. The second-order valence-electron chi connectivity index (χ2n) is 3.39. The lowest BCUT2D eigenvalue weighted by Gasteiger charge is -2.08. The molecule has 2 N–H and O–H groups in total. The van der Waals surface area contributed by atoms with Crippen LogP contribution in [0.25, 0.3) is 0 Å². The van der Waals surface area contributed by atoms with Crippen LogP contribution in [0.3, 0.4) is 0 Å². The molecule has 1 aliphatic carbocycles. The van der Waals surface area contributed by atoms with E-state index >= 15 is 0 Å². The van der Waals surface area contributed by atoms with E-state index in [1.54, 1.807) is 6.07 Å². The van der Waals surface area contributed by atoms with Crippen LogP contribution in [0.2, 0.25) is 0 Å². The number of rotatable bonds is 3. The first-order valence-electron chi connectivity index (χ1n) is 4.47. The predicted molar refractivity (Wildman–Crippen MR) is 50.0 cm³/mol. The van der Waals surface area contributed by atoms with Gasteiger partial charge in [0.1, 0.15) is 11.4 Å². The van der Waals surface area contributed by atoms with Gasteiger partial charge in [0.05, 0.1) is 5.69 Å². The first-order chi connectivity index (χ1) is 6.68. The van der Waals surface area contributed by atoms with Gasteiger partial charge in [-0.05, 0) is 25.0 Å². The van der Waals surface area contributed by atoms with E-state index in [0.29, 0.717) is 11.7 Å². The summed E-state index contributed by atoms with van der Waals surface area (Å²) in [6.45, 7) is 0. The van der Waals surface area contributed by atoms with Crippen LogP contribution in [0.4, 0.5) is 10.1 Å². The van der Waals surface area contributed by atoms with Gasteiger partial charge in [0.25, 0.3) is 0 Å². The molecule has 1 fully saturated rings. The number of anilines is 1. The Hall–Kier alpha value is -1.58. The highest BCUT2D eigenvalue weighted by Crippen LogP contribution is 2.27. The van der Waals surface area contributed by atoms with Gasteiger partial charge in [-0.1, -0.05) is 6.07 Å². The summed E-state index contributed by atoms with van der Waals surface area (Å²) in [5.41, 5.74) is 0.111. The molecule has 0 atom stereocenters. The smallest absolute Gasteiger partial charge is 0.340 e. The molecule has 0 amide bonds. The highest BCUT2D eigenvalue weighted by atomic mass is 19.1. The summed E-state index contributed by atoms with van der Waals surface area (Å²) in [4.78, 5) is 10.8. The first-order valence-corrected chi connectivity index (χ1v) is 4.47. The van der Waals surface area contributed by atoms with Crippen molar-refractivity contribution in [2.45, 2.75) is 18.9 Å². The minimum Gasteiger partial charge on any atom is -0.478 e. The highest BCUT2D eigenvalue weighted by molar-refractivity contribution is 5.94. The monoisotopic (exact) mass is 195 g/mol. The number of halogens is 1. The van der Waals surface area contributed by atoms with Gasteiger partial charge in [-0.2, -0.15) is 0 Å². The number of aromatic carboxylic acids is 1. The first kappa shape index (κ1) is 8.99. The number of carboxylic acid groups (broad SMARTS) is 1. The Bertz CT molecular complexity index is 374. The van der Waals surface area contributed by atoms with Crippen LogP contribution in [0.1, 0.15) is 23.2 Å². The summed E-state index contributed by atoms with van der Waals surface area (Å²) in [6, 6.07) is 4.56. The van der Waals surface area contributed by atoms with Crippen molar-refractivity contribution < 1.29 is 14.3 Å². The van der Waals surface area contributed by atoms with Crippen molar-refractivity contribution in [2.24, 2.45) is 0 Å². The molecule has 1 saturated carbocycles. The molecule has 1 aliphatic rings. The Labute approximate surface area is 80.6 Å². The van der Waals surface area contributed by atoms with Gasteiger partial charge < -0.3 is 10.4 Å². The summed E-state index contributed by atoms with van der Waals surface area (Å²) in [6.07, 6.45) is 2.05. The molecule has 2 rings (SSSR count). The zero-order valence-corrected chi connectivity index (χ0v) is 7.46. The molecule has 4 heteroatoms. The topological polar surface area (TPSA) is 49.3 Å². The number of carboxylic acids is 1. The third-order valence-corrected chi connectivity index (χ3v) is 2.16. The van der Waals surface area contributed by atoms with Crippen LogP contribution in [0.5, 0.6) is 0 Å². The summed E-state index contributed by atoms with van der Waals surface area (Å²) in [7, 11) is 0. The van der Waals surface area contributed by atoms with Crippen molar-refractivity contribution in [1.82, 2.24) is 0 Å². The molecule has 1 aromatic rings. The zero-order valence-electron chi connectivity index (χ0n) is 7.46. The zero-order chi connectivity index (χ0) is 10.1. The standard InChI is InChI=1S/C10H10FNO2/c11-7-2-1-3-8(9(7)10(13)14)12-6-4-5-6/h1-3,6,12H,4-5H2,(H,13,14). The van der Waals surface area contributed by atoms with E-state index < -0.39 is 11.8 Å². The molecule has 0 bridgehead atoms. The Kier molecular flexibility index (Phi) is 2.11. The third kappa shape index (κ3) is 1.69. The average molecular weight is 195 g/mol. The summed E-state index contributed by atoms with van der Waals surface area (Å²) in [5, 5.41) is 11.8. The molecular formula is C10H10FNO2. The van der Waals surface area contributed by atoms with E-state index in [4.69, 9.17) is 5.11 Å². The quantitative estimate of drug-likeness (QED) is 0.776. The fraction of sp³-hybridized carbons (Fsp3) is 0.300. The second kappa shape index (κ2) is 3.29. The lowest BCUT2D eigenvalue weighted by atomic mass is 10.1. The maximum Gasteiger partial charge on any atom is 0.340 e. The van der Waals surface area contributed by atoms with Gasteiger partial charge in [-0.15, -0.1) is 0 Å². The fourth-order valence-corrected chi connectivity index (χ4v) is 1.31. The molecule has 0 unspecified atom stereocenters. The molecule has 3 nitrogen and oxygen atoms in total. The van der Waals surface area contributed by atoms with Crippen molar-refractivity contribution in [2.75, 3.05) is 5.32 Å². The molecule has 0 saturated heterocycles. The maximum atomic E-state index is 13.2. The largest absolute Gasteiger partial charge is 0.478 e. The van der Waals surface area contributed by atoms with Crippen LogP contribution in [0.15, 0.2) is 18.2 Å². The van der Waals surface area contributed by atoms with E-state index in [1.165, 1.54) is 6.07 Å². The number of hydrogen-bond donors (Lipinski definition) is 2. The van der Waals surface area contributed by atoms with E-state index in [0.717, 1.165) is 18.9 Å². The summed E-state index contributed by atoms with van der Waals surface area (Å²) in [5.74, 6) is -1.92. The predicted octanol–water partition coefficient (Wildman–Crippen LogP) is 2.10. The summed E-state index contributed by atoms with van der Waals surface area (Å²) >= 11 is 0. The number of hydrogen-bond acceptors (Lipinski definition) is 2. The van der Waals surface area contributed by atoms with Crippen molar-refractivity contribution in [3.63, 3.8) is 0 Å². The second-order valence-corrected chi connectivity index (χ2v) is 3.39. The van der Waals surface area contributed by atoms with Gasteiger partial charge >= 0.3 is 5.97 Å². The van der Waals surface area contributed by atoms with E-state index in [-0.39, 0.29) is 5.56 Å². The molecule has 74 valence electrons. The van der Waals surface area contributed by atoms with Crippen molar-refractivity contribution >= 4 is 11.7 Å². The Morgan fingerprint density at radius 1 is 1.50 bits per heavy atom. The molecule has 0 radical (unpaired) electrons. The van der Waals surface area contributed by atoms with Crippen molar-refractivity contribution in [3.05, 3.63) is 29.6 Å². The van der Waals surface area contributed by atoms with Crippen molar-refractivity contribution in [3.8, 4) is 0 Å². The van der Waals surface area contributed by atoms with Gasteiger partial charge in [0.2, 0.25) is 0 Å². The molecular weight excluding hydrogens is 185 g/mol. The van der Waals surface area contributed by atoms with Crippen LogP contribution in [-0.4, -0.2) is 17.1 Å². The van der Waals surface area contributed by atoms with Gasteiger partial charge in [0.15, 0.2) is 0 Å². The van der Waals surface area contributed by atoms with Crippen LogP contribution < -0.4 is 5.32 Å². The minimum absolute atomic E-state index is 0.264. The average Bonchev–Trinajstić information content (AvgIpc) is 2.87. The molecule has 14 heavy (non-hydrogen) atoms.